The maximum absolute atomic E-state index is 13.0. The fourth-order valence-electron chi connectivity index (χ4n) is 2.92. The summed E-state index contributed by atoms with van der Waals surface area (Å²) in [5.74, 6) is 0.488. The highest BCUT2D eigenvalue weighted by Crippen LogP contribution is 2.24. The van der Waals surface area contributed by atoms with Crippen LogP contribution in [0.2, 0.25) is 0 Å². The summed E-state index contributed by atoms with van der Waals surface area (Å²) in [5, 5.41) is 3.60. The molecule has 18 heavy (non-hydrogen) atoms. The Hall–Kier alpha value is -0.930. The Morgan fingerprint density at radius 2 is 2.22 bits per heavy atom. The lowest BCUT2D eigenvalue weighted by Crippen LogP contribution is -2.37. The number of nitrogens with one attached hydrogen (secondary N) is 1. The zero-order valence-corrected chi connectivity index (χ0v) is 11.1. The predicted molar refractivity (Wildman–Crippen MR) is 73.0 cm³/mol. The van der Waals surface area contributed by atoms with Gasteiger partial charge in [-0.3, -0.25) is 0 Å². The molecule has 3 heteroatoms. The number of nitrogens with two attached hydrogens (primary N) is 1. The third-order valence-electron chi connectivity index (χ3n) is 4.07. The molecule has 1 aromatic rings. The van der Waals surface area contributed by atoms with Gasteiger partial charge in [-0.25, -0.2) is 4.39 Å². The quantitative estimate of drug-likeness (QED) is 0.842. The van der Waals surface area contributed by atoms with Gasteiger partial charge < -0.3 is 11.1 Å². The minimum atomic E-state index is -0.150. The maximum Gasteiger partial charge on any atom is 0.123 e. The average Bonchev–Trinajstić information content (AvgIpc) is 2.79. The molecule has 0 amide bonds. The molecule has 1 fully saturated rings. The van der Waals surface area contributed by atoms with Crippen molar-refractivity contribution in [3.8, 4) is 0 Å². The van der Waals surface area contributed by atoms with Gasteiger partial charge in [0.05, 0.1) is 0 Å². The molecule has 0 aromatic heterocycles. The highest BCUT2D eigenvalue weighted by Gasteiger charge is 2.24. The van der Waals surface area contributed by atoms with Gasteiger partial charge in [0, 0.05) is 6.04 Å². The normalized spacial score (nSPS) is 23.5. The van der Waals surface area contributed by atoms with Gasteiger partial charge in [-0.15, -0.1) is 0 Å². The van der Waals surface area contributed by atoms with E-state index in [1.165, 1.54) is 24.8 Å². The zero-order chi connectivity index (χ0) is 13.0. The standard InChI is InChI=1S/C15H23FN2/c1-11-9-14(16)6-5-12(11)7-8-18-15-4-2-3-13(15)10-17/h5-6,9,13,15,18H,2-4,7-8,10,17H2,1H3. The second-order valence-corrected chi connectivity index (χ2v) is 5.31. The largest absolute Gasteiger partial charge is 0.330 e. The van der Waals surface area contributed by atoms with Crippen molar-refractivity contribution >= 4 is 0 Å². The van der Waals surface area contributed by atoms with E-state index in [0.717, 1.165) is 25.1 Å². The number of aryl methyl sites for hydroxylation is 1. The van der Waals surface area contributed by atoms with Crippen LogP contribution in [0, 0.1) is 18.7 Å². The van der Waals surface area contributed by atoms with Crippen molar-refractivity contribution in [3.63, 3.8) is 0 Å². The van der Waals surface area contributed by atoms with Crippen molar-refractivity contribution < 1.29 is 4.39 Å². The van der Waals surface area contributed by atoms with Gasteiger partial charge >= 0.3 is 0 Å². The Kier molecular flexibility index (Phi) is 4.72. The molecule has 3 N–H and O–H groups in total. The molecule has 0 radical (unpaired) electrons. The van der Waals surface area contributed by atoms with Crippen LogP contribution in [-0.4, -0.2) is 19.1 Å². The van der Waals surface area contributed by atoms with E-state index in [9.17, 15) is 4.39 Å². The van der Waals surface area contributed by atoms with Gasteiger partial charge in [0.1, 0.15) is 5.82 Å². The van der Waals surface area contributed by atoms with E-state index in [1.54, 1.807) is 12.1 Å². The van der Waals surface area contributed by atoms with Crippen LogP contribution in [0.25, 0.3) is 0 Å². The lowest BCUT2D eigenvalue weighted by atomic mass is 10.0. The van der Waals surface area contributed by atoms with Gasteiger partial charge in [-0.05, 0) is 68.5 Å². The summed E-state index contributed by atoms with van der Waals surface area (Å²) in [5.41, 5.74) is 8.03. The van der Waals surface area contributed by atoms with Crippen LogP contribution in [0.4, 0.5) is 4.39 Å². The Morgan fingerprint density at radius 1 is 1.39 bits per heavy atom. The summed E-state index contributed by atoms with van der Waals surface area (Å²) >= 11 is 0. The van der Waals surface area contributed by atoms with Crippen LogP contribution in [-0.2, 0) is 6.42 Å². The number of halogens is 1. The van der Waals surface area contributed by atoms with Crippen LogP contribution in [0.15, 0.2) is 18.2 Å². The minimum Gasteiger partial charge on any atom is -0.330 e. The number of hydrogen-bond donors (Lipinski definition) is 2. The summed E-state index contributed by atoms with van der Waals surface area (Å²) in [6.45, 7) is 3.71. The van der Waals surface area contributed by atoms with Crippen LogP contribution >= 0.6 is 0 Å². The van der Waals surface area contributed by atoms with Crippen molar-refractivity contribution in [2.75, 3.05) is 13.1 Å². The first-order valence-corrected chi connectivity index (χ1v) is 6.89. The van der Waals surface area contributed by atoms with Gasteiger partial charge in [0.2, 0.25) is 0 Å². The smallest absolute Gasteiger partial charge is 0.123 e. The van der Waals surface area contributed by atoms with Gasteiger partial charge in [-0.2, -0.15) is 0 Å². The molecule has 100 valence electrons. The maximum atomic E-state index is 13.0. The molecule has 0 heterocycles. The molecule has 1 aromatic carbocycles. The lowest BCUT2D eigenvalue weighted by Gasteiger charge is -2.19. The third kappa shape index (κ3) is 3.30. The molecular weight excluding hydrogens is 227 g/mol. The lowest BCUT2D eigenvalue weighted by molar-refractivity contribution is 0.410. The van der Waals surface area contributed by atoms with Crippen molar-refractivity contribution in [2.45, 2.75) is 38.6 Å². The van der Waals surface area contributed by atoms with E-state index in [-0.39, 0.29) is 5.82 Å². The Bertz CT molecular complexity index is 392. The molecule has 2 unspecified atom stereocenters. The molecule has 2 atom stereocenters. The highest BCUT2D eigenvalue weighted by atomic mass is 19.1. The summed E-state index contributed by atoms with van der Waals surface area (Å²) < 4.78 is 13.0. The molecule has 2 rings (SSSR count). The SMILES string of the molecule is Cc1cc(F)ccc1CCNC1CCCC1CN. The Balaban J connectivity index is 1.81. The van der Waals surface area contributed by atoms with Crippen molar-refractivity contribution in [2.24, 2.45) is 11.7 Å². The van der Waals surface area contributed by atoms with Gasteiger partial charge in [-0.1, -0.05) is 12.5 Å². The van der Waals surface area contributed by atoms with E-state index >= 15 is 0 Å². The summed E-state index contributed by atoms with van der Waals surface area (Å²) in [4.78, 5) is 0. The Labute approximate surface area is 109 Å². The summed E-state index contributed by atoms with van der Waals surface area (Å²) in [6.07, 6.45) is 4.74. The Morgan fingerprint density at radius 3 is 2.94 bits per heavy atom. The van der Waals surface area contributed by atoms with E-state index in [2.05, 4.69) is 5.32 Å². The number of benzene rings is 1. The van der Waals surface area contributed by atoms with E-state index in [4.69, 9.17) is 5.73 Å². The first-order valence-electron chi connectivity index (χ1n) is 6.89. The molecule has 0 aliphatic heterocycles. The summed E-state index contributed by atoms with van der Waals surface area (Å²) in [7, 11) is 0. The molecule has 2 nitrogen and oxygen atoms in total. The summed E-state index contributed by atoms with van der Waals surface area (Å²) in [6, 6.07) is 5.62. The monoisotopic (exact) mass is 250 g/mol. The second kappa shape index (κ2) is 6.30. The number of hydrogen-bond acceptors (Lipinski definition) is 2. The van der Waals surface area contributed by atoms with Gasteiger partial charge in [0.25, 0.3) is 0 Å². The van der Waals surface area contributed by atoms with Gasteiger partial charge in [0.15, 0.2) is 0 Å². The van der Waals surface area contributed by atoms with E-state index in [1.807, 2.05) is 13.0 Å². The van der Waals surface area contributed by atoms with Crippen molar-refractivity contribution in [1.29, 1.82) is 0 Å². The number of rotatable bonds is 5. The average molecular weight is 250 g/mol. The van der Waals surface area contributed by atoms with Crippen molar-refractivity contribution in [1.82, 2.24) is 5.32 Å². The van der Waals surface area contributed by atoms with E-state index < -0.39 is 0 Å². The molecule has 1 saturated carbocycles. The van der Waals surface area contributed by atoms with Crippen LogP contribution in [0.5, 0.6) is 0 Å². The van der Waals surface area contributed by atoms with E-state index in [0.29, 0.717) is 12.0 Å². The van der Waals surface area contributed by atoms with Crippen LogP contribution < -0.4 is 11.1 Å². The first kappa shape index (κ1) is 13.5. The van der Waals surface area contributed by atoms with Crippen molar-refractivity contribution in [3.05, 3.63) is 35.1 Å². The van der Waals surface area contributed by atoms with Crippen LogP contribution in [0.3, 0.4) is 0 Å². The molecule has 1 aliphatic rings. The zero-order valence-electron chi connectivity index (χ0n) is 11.1. The second-order valence-electron chi connectivity index (χ2n) is 5.31. The molecule has 0 bridgehead atoms. The molecular formula is C15H23FN2. The third-order valence-corrected chi connectivity index (χ3v) is 4.07. The predicted octanol–water partition coefficient (Wildman–Crippen LogP) is 2.39. The molecule has 0 spiro atoms. The minimum absolute atomic E-state index is 0.150. The fourth-order valence-corrected chi connectivity index (χ4v) is 2.92. The van der Waals surface area contributed by atoms with Crippen LogP contribution in [0.1, 0.15) is 30.4 Å². The topological polar surface area (TPSA) is 38.0 Å². The fraction of sp³-hybridized carbons (Fsp3) is 0.600. The molecule has 0 saturated heterocycles. The highest BCUT2D eigenvalue weighted by molar-refractivity contribution is 5.26. The first-order chi connectivity index (χ1) is 8.70. The molecule has 1 aliphatic carbocycles.